The Hall–Kier alpha value is -0.420. The fraction of sp³-hybridized carbons (Fsp3) is 0.889. The lowest BCUT2D eigenvalue weighted by atomic mass is 10.4. The maximum absolute atomic E-state index is 5.03. The highest BCUT2D eigenvalue weighted by Gasteiger charge is 2.03. The van der Waals surface area contributed by atoms with Crippen LogP contribution in [0.2, 0.25) is 0 Å². The number of hydrogen-bond donors (Lipinski definition) is 2. The Balaban J connectivity index is 3.68. The van der Waals surface area contributed by atoms with E-state index < -0.39 is 0 Å². The summed E-state index contributed by atoms with van der Waals surface area (Å²) in [5.41, 5.74) is 0. The Morgan fingerprint density at radius 2 is 2.29 bits per heavy atom. The minimum Gasteiger partial charge on any atom is -0.383 e. The van der Waals surface area contributed by atoms with E-state index >= 15 is 0 Å². The first-order chi connectivity index (χ1) is 6.74. The fourth-order valence-electron chi connectivity index (χ4n) is 0.991. The molecule has 1 unspecified atom stereocenters. The van der Waals surface area contributed by atoms with Crippen LogP contribution in [0.3, 0.4) is 0 Å². The predicted molar refractivity (Wildman–Crippen MR) is 64.2 cm³/mol. The van der Waals surface area contributed by atoms with E-state index in [0.29, 0.717) is 6.61 Å². The lowest BCUT2D eigenvalue weighted by molar-refractivity contribution is 0.179. The Morgan fingerprint density at radius 1 is 1.57 bits per heavy atom. The molecule has 0 aromatic carbocycles. The number of nitrogens with zero attached hydrogens (tertiary/aromatic N) is 1. The van der Waals surface area contributed by atoms with Crippen LogP contribution in [0.4, 0.5) is 0 Å². The summed E-state index contributed by atoms with van der Waals surface area (Å²) < 4.78 is 5.03. The normalized spacial score (nSPS) is 13.9. The lowest BCUT2D eigenvalue weighted by Gasteiger charge is -2.16. The molecule has 4 nitrogen and oxygen atoms in total. The van der Waals surface area contributed by atoms with Gasteiger partial charge in [0.25, 0.3) is 0 Å². The van der Waals surface area contributed by atoms with Crippen LogP contribution < -0.4 is 10.6 Å². The van der Waals surface area contributed by atoms with Crippen LogP contribution >= 0.6 is 11.8 Å². The van der Waals surface area contributed by atoms with Gasteiger partial charge in [0.2, 0.25) is 0 Å². The second kappa shape index (κ2) is 9.15. The summed E-state index contributed by atoms with van der Waals surface area (Å²) in [5, 5.41) is 6.45. The zero-order valence-electron chi connectivity index (χ0n) is 9.46. The first-order valence-corrected chi connectivity index (χ1v) is 6.09. The third-order valence-electron chi connectivity index (χ3n) is 1.62. The second-order valence-corrected chi connectivity index (χ2v) is 3.98. The first kappa shape index (κ1) is 13.6. The van der Waals surface area contributed by atoms with Gasteiger partial charge in [-0.1, -0.05) is 0 Å². The van der Waals surface area contributed by atoms with Crippen molar-refractivity contribution in [1.82, 2.24) is 10.6 Å². The van der Waals surface area contributed by atoms with E-state index in [2.05, 4.69) is 28.8 Å². The zero-order valence-corrected chi connectivity index (χ0v) is 10.3. The summed E-state index contributed by atoms with van der Waals surface area (Å²) >= 11 is 1.81. The monoisotopic (exact) mass is 219 g/mol. The standard InChI is InChI=1S/C9H21N3OS/c1-8(7-13-3)12-9(10-2)11-5-6-14-4/h8H,5-7H2,1-4H3,(H2,10,11,12). The maximum Gasteiger partial charge on any atom is 0.191 e. The molecule has 0 aromatic heterocycles. The number of ether oxygens (including phenoxy) is 1. The number of methoxy groups -OCH3 is 1. The van der Waals surface area contributed by atoms with Gasteiger partial charge in [0.15, 0.2) is 5.96 Å². The molecule has 0 fully saturated rings. The van der Waals surface area contributed by atoms with Crippen molar-refractivity contribution in [1.29, 1.82) is 0 Å². The van der Waals surface area contributed by atoms with Crippen LogP contribution in [0.25, 0.3) is 0 Å². The molecule has 0 amide bonds. The van der Waals surface area contributed by atoms with E-state index in [1.807, 2.05) is 11.8 Å². The number of rotatable bonds is 6. The molecule has 0 aliphatic carbocycles. The molecule has 0 aromatic rings. The van der Waals surface area contributed by atoms with Gasteiger partial charge in [0.05, 0.1) is 6.61 Å². The summed E-state index contributed by atoms with van der Waals surface area (Å²) in [5.74, 6) is 1.92. The number of nitrogens with one attached hydrogen (secondary N) is 2. The summed E-state index contributed by atoms with van der Waals surface area (Å²) in [4.78, 5) is 4.11. The average molecular weight is 219 g/mol. The van der Waals surface area contributed by atoms with Crippen molar-refractivity contribution < 1.29 is 4.74 Å². The van der Waals surface area contributed by atoms with E-state index in [4.69, 9.17) is 4.74 Å². The van der Waals surface area contributed by atoms with Crippen molar-refractivity contribution in [2.24, 2.45) is 4.99 Å². The molecule has 0 aliphatic heterocycles. The van der Waals surface area contributed by atoms with E-state index in [-0.39, 0.29) is 6.04 Å². The molecule has 0 saturated heterocycles. The SMILES string of the molecule is CN=C(NCCSC)NC(C)COC. The van der Waals surface area contributed by atoms with E-state index in [1.165, 1.54) is 0 Å². The molecule has 0 saturated carbocycles. The maximum atomic E-state index is 5.03. The Morgan fingerprint density at radius 3 is 2.79 bits per heavy atom. The molecular formula is C9H21N3OS. The van der Waals surface area contributed by atoms with Gasteiger partial charge in [-0.2, -0.15) is 11.8 Å². The van der Waals surface area contributed by atoms with Gasteiger partial charge < -0.3 is 15.4 Å². The van der Waals surface area contributed by atoms with Gasteiger partial charge in [0.1, 0.15) is 0 Å². The van der Waals surface area contributed by atoms with Crippen molar-refractivity contribution in [3.05, 3.63) is 0 Å². The third-order valence-corrected chi connectivity index (χ3v) is 2.23. The van der Waals surface area contributed by atoms with Crippen LogP contribution in [-0.2, 0) is 4.74 Å². The van der Waals surface area contributed by atoms with Crippen LogP contribution in [-0.4, -0.2) is 51.3 Å². The van der Waals surface area contributed by atoms with Crippen molar-refractivity contribution in [3.8, 4) is 0 Å². The molecule has 2 N–H and O–H groups in total. The number of hydrogen-bond acceptors (Lipinski definition) is 3. The largest absolute Gasteiger partial charge is 0.383 e. The zero-order chi connectivity index (χ0) is 10.8. The van der Waals surface area contributed by atoms with E-state index in [0.717, 1.165) is 18.3 Å². The minimum atomic E-state index is 0.278. The molecule has 0 rings (SSSR count). The predicted octanol–water partition coefficient (Wildman–Crippen LogP) is 0.549. The second-order valence-electron chi connectivity index (χ2n) is 2.99. The van der Waals surface area contributed by atoms with E-state index in [1.54, 1.807) is 14.2 Å². The highest BCUT2D eigenvalue weighted by Crippen LogP contribution is 1.87. The molecule has 0 spiro atoms. The average Bonchev–Trinajstić information content (AvgIpc) is 2.17. The van der Waals surface area contributed by atoms with Gasteiger partial charge in [0, 0.05) is 32.5 Å². The quantitative estimate of drug-likeness (QED) is 0.389. The van der Waals surface area contributed by atoms with Gasteiger partial charge in [-0.15, -0.1) is 0 Å². The minimum absolute atomic E-state index is 0.278. The first-order valence-electron chi connectivity index (χ1n) is 4.69. The Labute approximate surface area is 90.9 Å². The van der Waals surface area contributed by atoms with Crippen molar-refractivity contribution in [2.75, 3.05) is 39.3 Å². The number of thioether (sulfide) groups is 1. The Bertz CT molecular complexity index is 164. The highest BCUT2D eigenvalue weighted by molar-refractivity contribution is 7.98. The van der Waals surface area contributed by atoms with Crippen molar-refractivity contribution in [2.45, 2.75) is 13.0 Å². The van der Waals surface area contributed by atoms with Crippen molar-refractivity contribution >= 4 is 17.7 Å². The van der Waals surface area contributed by atoms with E-state index in [9.17, 15) is 0 Å². The molecule has 84 valence electrons. The topological polar surface area (TPSA) is 45.7 Å². The van der Waals surface area contributed by atoms with Gasteiger partial charge in [-0.05, 0) is 13.2 Å². The molecular weight excluding hydrogens is 198 g/mol. The van der Waals surface area contributed by atoms with Gasteiger partial charge in [-0.3, -0.25) is 4.99 Å². The van der Waals surface area contributed by atoms with Crippen molar-refractivity contribution in [3.63, 3.8) is 0 Å². The van der Waals surface area contributed by atoms with Gasteiger partial charge >= 0.3 is 0 Å². The number of aliphatic imine (C=N–C) groups is 1. The number of guanidine groups is 1. The summed E-state index contributed by atoms with van der Waals surface area (Å²) in [6, 6.07) is 0.278. The van der Waals surface area contributed by atoms with Crippen LogP contribution in [0.1, 0.15) is 6.92 Å². The van der Waals surface area contributed by atoms with Crippen LogP contribution in [0, 0.1) is 0 Å². The summed E-state index contributed by atoms with van der Waals surface area (Å²) in [6.07, 6.45) is 2.09. The molecule has 0 heterocycles. The molecule has 1 atom stereocenters. The smallest absolute Gasteiger partial charge is 0.191 e. The van der Waals surface area contributed by atoms with Crippen LogP contribution in [0.15, 0.2) is 4.99 Å². The Kier molecular flexibility index (Phi) is 8.87. The molecule has 0 bridgehead atoms. The van der Waals surface area contributed by atoms with Gasteiger partial charge in [-0.25, -0.2) is 0 Å². The van der Waals surface area contributed by atoms with Crippen LogP contribution in [0.5, 0.6) is 0 Å². The molecule has 0 radical (unpaired) electrons. The third kappa shape index (κ3) is 7.03. The molecule has 14 heavy (non-hydrogen) atoms. The summed E-state index contributed by atoms with van der Waals surface area (Å²) in [6.45, 7) is 3.68. The molecule has 5 heteroatoms. The highest BCUT2D eigenvalue weighted by atomic mass is 32.2. The summed E-state index contributed by atoms with van der Waals surface area (Å²) in [7, 11) is 3.47. The fourth-order valence-corrected chi connectivity index (χ4v) is 1.30. The lowest BCUT2D eigenvalue weighted by Crippen LogP contribution is -2.44. The molecule has 0 aliphatic rings.